The molecule has 0 spiro atoms. The summed E-state index contributed by atoms with van der Waals surface area (Å²) in [5, 5.41) is 3.08. The van der Waals surface area contributed by atoms with Crippen molar-refractivity contribution in [3.05, 3.63) is 0 Å². The molecular formula is C14H29N3O. The highest BCUT2D eigenvalue weighted by Gasteiger charge is 2.36. The molecule has 1 rings (SSSR count). The SMILES string of the molecule is CN(C)CCCNC(=O)C1(CN)CCCCCC1. The zero-order chi connectivity index (χ0) is 13.4. The molecule has 3 N–H and O–H groups in total. The Bertz CT molecular complexity index is 245. The summed E-state index contributed by atoms with van der Waals surface area (Å²) in [5.41, 5.74) is 5.61. The molecule has 0 unspecified atom stereocenters. The van der Waals surface area contributed by atoms with Crippen LogP contribution in [-0.2, 0) is 4.79 Å². The van der Waals surface area contributed by atoms with E-state index in [2.05, 4.69) is 24.3 Å². The molecule has 1 amide bonds. The van der Waals surface area contributed by atoms with Crippen LogP contribution in [0.25, 0.3) is 0 Å². The van der Waals surface area contributed by atoms with Crippen LogP contribution in [0, 0.1) is 5.41 Å². The number of nitrogens with one attached hydrogen (secondary N) is 1. The Labute approximate surface area is 111 Å². The second-order valence-corrected chi connectivity index (χ2v) is 5.81. The summed E-state index contributed by atoms with van der Waals surface area (Å²) in [6.45, 7) is 2.27. The number of nitrogens with two attached hydrogens (primary N) is 1. The Hall–Kier alpha value is -0.610. The van der Waals surface area contributed by atoms with Gasteiger partial charge in [0.15, 0.2) is 0 Å². The maximum Gasteiger partial charge on any atom is 0.227 e. The van der Waals surface area contributed by atoms with Gasteiger partial charge in [-0.1, -0.05) is 25.7 Å². The molecule has 4 nitrogen and oxygen atoms in total. The molecule has 0 saturated heterocycles. The molecule has 18 heavy (non-hydrogen) atoms. The highest BCUT2D eigenvalue weighted by molar-refractivity contribution is 5.82. The fourth-order valence-electron chi connectivity index (χ4n) is 2.71. The van der Waals surface area contributed by atoms with Gasteiger partial charge in [-0.2, -0.15) is 0 Å². The zero-order valence-electron chi connectivity index (χ0n) is 12.0. The second kappa shape index (κ2) is 7.74. The first-order valence-electron chi connectivity index (χ1n) is 7.24. The summed E-state index contributed by atoms with van der Waals surface area (Å²) in [4.78, 5) is 14.5. The monoisotopic (exact) mass is 255 g/mol. The molecule has 0 aliphatic heterocycles. The van der Waals surface area contributed by atoms with Crippen molar-refractivity contribution in [1.29, 1.82) is 0 Å². The lowest BCUT2D eigenvalue weighted by Crippen LogP contribution is -2.46. The molecule has 0 bridgehead atoms. The van der Waals surface area contributed by atoms with Gasteiger partial charge in [0.2, 0.25) is 5.91 Å². The standard InChI is InChI=1S/C14H29N3O/c1-17(2)11-7-10-16-13(18)14(12-15)8-5-3-4-6-9-14/h3-12,15H2,1-2H3,(H,16,18). The Morgan fingerprint density at radius 3 is 2.33 bits per heavy atom. The largest absolute Gasteiger partial charge is 0.356 e. The van der Waals surface area contributed by atoms with E-state index in [4.69, 9.17) is 5.73 Å². The molecular weight excluding hydrogens is 226 g/mol. The molecule has 106 valence electrons. The highest BCUT2D eigenvalue weighted by atomic mass is 16.2. The lowest BCUT2D eigenvalue weighted by molar-refractivity contribution is -0.131. The molecule has 0 radical (unpaired) electrons. The zero-order valence-corrected chi connectivity index (χ0v) is 12.0. The first-order valence-corrected chi connectivity index (χ1v) is 7.24. The number of nitrogens with zero attached hydrogens (tertiary/aromatic N) is 1. The van der Waals surface area contributed by atoms with Crippen molar-refractivity contribution in [3.63, 3.8) is 0 Å². The van der Waals surface area contributed by atoms with E-state index in [-0.39, 0.29) is 11.3 Å². The number of carbonyl (C=O) groups is 1. The van der Waals surface area contributed by atoms with Crippen LogP contribution in [-0.4, -0.2) is 44.5 Å². The smallest absolute Gasteiger partial charge is 0.227 e. The van der Waals surface area contributed by atoms with Gasteiger partial charge in [0.25, 0.3) is 0 Å². The maximum absolute atomic E-state index is 12.3. The topological polar surface area (TPSA) is 58.4 Å². The van der Waals surface area contributed by atoms with E-state index in [1.54, 1.807) is 0 Å². The van der Waals surface area contributed by atoms with Crippen LogP contribution in [0.1, 0.15) is 44.9 Å². The van der Waals surface area contributed by atoms with Crippen LogP contribution in [0.4, 0.5) is 0 Å². The van der Waals surface area contributed by atoms with Crippen molar-refractivity contribution in [1.82, 2.24) is 10.2 Å². The fourth-order valence-corrected chi connectivity index (χ4v) is 2.71. The van der Waals surface area contributed by atoms with E-state index in [0.717, 1.165) is 45.2 Å². The molecule has 1 aliphatic carbocycles. The number of amides is 1. The summed E-state index contributed by atoms with van der Waals surface area (Å²) < 4.78 is 0. The minimum absolute atomic E-state index is 0.186. The predicted molar refractivity (Wildman–Crippen MR) is 75.4 cm³/mol. The van der Waals surface area contributed by atoms with Crippen LogP contribution >= 0.6 is 0 Å². The van der Waals surface area contributed by atoms with E-state index >= 15 is 0 Å². The minimum Gasteiger partial charge on any atom is -0.356 e. The number of rotatable bonds is 6. The van der Waals surface area contributed by atoms with Crippen LogP contribution in [0.3, 0.4) is 0 Å². The molecule has 1 saturated carbocycles. The average molecular weight is 255 g/mol. The lowest BCUT2D eigenvalue weighted by atomic mass is 9.79. The maximum atomic E-state index is 12.3. The molecule has 0 heterocycles. The predicted octanol–water partition coefficient (Wildman–Crippen LogP) is 1.35. The highest BCUT2D eigenvalue weighted by Crippen LogP contribution is 2.34. The van der Waals surface area contributed by atoms with Crippen molar-refractivity contribution in [3.8, 4) is 0 Å². The van der Waals surface area contributed by atoms with Gasteiger partial charge in [-0.3, -0.25) is 4.79 Å². The van der Waals surface area contributed by atoms with Gasteiger partial charge in [0, 0.05) is 13.1 Å². The molecule has 1 aliphatic rings. The lowest BCUT2D eigenvalue weighted by Gasteiger charge is -2.30. The number of carbonyl (C=O) groups excluding carboxylic acids is 1. The fraction of sp³-hybridized carbons (Fsp3) is 0.929. The van der Waals surface area contributed by atoms with Crippen molar-refractivity contribution in [2.75, 3.05) is 33.7 Å². The summed E-state index contributed by atoms with van der Waals surface area (Å²) in [6, 6.07) is 0. The quantitative estimate of drug-likeness (QED) is 0.556. The Kier molecular flexibility index (Phi) is 6.65. The van der Waals surface area contributed by atoms with E-state index in [0.29, 0.717) is 6.54 Å². The van der Waals surface area contributed by atoms with Gasteiger partial charge >= 0.3 is 0 Å². The van der Waals surface area contributed by atoms with Crippen LogP contribution in [0.5, 0.6) is 0 Å². The first-order chi connectivity index (χ1) is 8.60. The van der Waals surface area contributed by atoms with Crippen LogP contribution < -0.4 is 11.1 Å². The van der Waals surface area contributed by atoms with Gasteiger partial charge in [-0.05, 0) is 39.9 Å². The van der Waals surface area contributed by atoms with Gasteiger partial charge < -0.3 is 16.0 Å². The molecule has 0 atom stereocenters. The Morgan fingerprint density at radius 2 is 1.83 bits per heavy atom. The molecule has 0 aromatic carbocycles. The number of hydrogen-bond donors (Lipinski definition) is 2. The first kappa shape index (κ1) is 15.4. The van der Waals surface area contributed by atoms with Gasteiger partial charge in [0.05, 0.1) is 5.41 Å². The second-order valence-electron chi connectivity index (χ2n) is 5.81. The van der Waals surface area contributed by atoms with Gasteiger partial charge in [-0.25, -0.2) is 0 Å². The minimum atomic E-state index is -0.283. The number of hydrogen-bond acceptors (Lipinski definition) is 3. The van der Waals surface area contributed by atoms with Crippen molar-refractivity contribution in [2.45, 2.75) is 44.9 Å². The Balaban J connectivity index is 2.40. The van der Waals surface area contributed by atoms with E-state index in [9.17, 15) is 4.79 Å². The van der Waals surface area contributed by atoms with Crippen molar-refractivity contribution < 1.29 is 4.79 Å². The van der Waals surface area contributed by atoms with Crippen molar-refractivity contribution in [2.24, 2.45) is 11.1 Å². The van der Waals surface area contributed by atoms with Gasteiger partial charge in [0.1, 0.15) is 0 Å². The van der Waals surface area contributed by atoms with E-state index in [1.807, 2.05) is 0 Å². The molecule has 0 aromatic rings. The third-order valence-corrected chi connectivity index (χ3v) is 4.00. The molecule has 1 fully saturated rings. The summed E-state index contributed by atoms with van der Waals surface area (Å²) >= 11 is 0. The van der Waals surface area contributed by atoms with Crippen LogP contribution in [0.2, 0.25) is 0 Å². The summed E-state index contributed by atoms with van der Waals surface area (Å²) in [7, 11) is 4.10. The van der Waals surface area contributed by atoms with Gasteiger partial charge in [-0.15, -0.1) is 0 Å². The summed E-state index contributed by atoms with van der Waals surface area (Å²) in [5.74, 6) is 0.186. The van der Waals surface area contributed by atoms with E-state index in [1.165, 1.54) is 12.8 Å². The third-order valence-electron chi connectivity index (χ3n) is 4.00. The average Bonchev–Trinajstić information content (AvgIpc) is 2.60. The molecule has 4 heteroatoms. The molecule has 0 aromatic heterocycles. The third kappa shape index (κ3) is 4.58. The van der Waals surface area contributed by atoms with E-state index < -0.39 is 0 Å². The summed E-state index contributed by atoms with van der Waals surface area (Å²) in [6.07, 6.45) is 7.70. The van der Waals surface area contributed by atoms with Crippen LogP contribution in [0.15, 0.2) is 0 Å². The van der Waals surface area contributed by atoms with Crippen molar-refractivity contribution >= 4 is 5.91 Å². The normalized spacial score (nSPS) is 19.6. The Morgan fingerprint density at radius 1 is 1.22 bits per heavy atom.